The van der Waals surface area contributed by atoms with Crippen LogP contribution in [0.25, 0.3) is 55.6 Å². The van der Waals surface area contributed by atoms with Gasteiger partial charge in [0.2, 0.25) is 15.9 Å². The highest BCUT2D eigenvalue weighted by Crippen LogP contribution is 2.35. The van der Waals surface area contributed by atoms with Crippen LogP contribution in [0.3, 0.4) is 0 Å². The normalized spacial score (nSPS) is 12.2. The average Bonchev–Trinajstić information content (AvgIpc) is 3.59. The SMILES string of the molecule is CC(C)(C)C(=O)Nc1cncc(-c2ccc3[nH]nc(-c4cc5c(-c6cc(F)cc(CNS(C)(=O)=O)c6)nccc5[nH]4)c3c2)c1. The van der Waals surface area contributed by atoms with Gasteiger partial charge in [-0.15, -0.1) is 0 Å². The van der Waals surface area contributed by atoms with E-state index in [4.69, 9.17) is 0 Å². The third-order valence-electron chi connectivity index (χ3n) is 7.15. The number of benzene rings is 2. The van der Waals surface area contributed by atoms with E-state index in [0.29, 0.717) is 28.2 Å². The zero-order valence-corrected chi connectivity index (χ0v) is 25.3. The summed E-state index contributed by atoms with van der Waals surface area (Å²) in [6.07, 6.45) is 6.05. The van der Waals surface area contributed by atoms with Crippen molar-refractivity contribution in [3.8, 4) is 33.8 Å². The summed E-state index contributed by atoms with van der Waals surface area (Å²) in [5.41, 5.74) is 6.38. The second kappa shape index (κ2) is 11.0. The topological polar surface area (TPSA) is 146 Å². The number of rotatable bonds is 7. The number of nitrogens with one attached hydrogen (secondary N) is 4. The minimum atomic E-state index is -3.44. The monoisotopic (exact) mass is 611 g/mol. The number of fused-ring (bicyclic) bond motifs is 2. The number of carbonyl (C=O) groups excluding carboxylic acids is 1. The molecular weight excluding hydrogens is 581 g/mol. The Morgan fingerprint density at radius 1 is 0.909 bits per heavy atom. The molecular formula is C32H30FN7O3S. The van der Waals surface area contributed by atoms with Gasteiger partial charge in [-0.05, 0) is 59.7 Å². The van der Waals surface area contributed by atoms with Gasteiger partial charge in [0.05, 0.1) is 35.0 Å². The fraction of sp³-hybridized carbons (Fsp3) is 0.188. The standard InChI is InChI=1S/C32H30FN7O3S/c1-32(2,3)31(41)37-23-12-21(16-34-17-23)19-5-6-27-24(13-19)30(40-39-27)28-14-25-26(38-28)7-8-35-29(25)20-9-18(10-22(33)11-20)15-36-44(4,42)43/h5-14,16-17,36,38H,15H2,1-4H3,(H,37,41)(H,39,40). The molecule has 12 heteroatoms. The van der Waals surface area contributed by atoms with Crippen LogP contribution >= 0.6 is 0 Å². The summed E-state index contributed by atoms with van der Waals surface area (Å²) in [4.78, 5) is 24.8. The lowest BCUT2D eigenvalue weighted by Gasteiger charge is -2.17. The molecule has 4 heterocycles. The van der Waals surface area contributed by atoms with Crippen molar-refractivity contribution in [1.29, 1.82) is 0 Å². The summed E-state index contributed by atoms with van der Waals surface area (Å²) in [6, 6.07) is 15.9. The number of halogens is 1. The molecule has 224 valence electrons. The Bertz CT molecular complexity index is 2160. The van der Waals surface area contributed by atoms with E-state index in [1.165, 1.54) is 12.1 Å². The summed E-state index contributed by atoms with van der Waals surface area (Å²) in [5, 5.41) is 12.2. The Morgan fingerprint density at radius 2 is 1.70 bits per heavy atom. The van der Waals surface area contributed by atoms with E-state index >= 15 is 0 Å². The van der Waals surface area contributed by atoms with Crippen LogP contribution in [0.5, 0.6) is 0 Å². The predicted octanol–water partition coefficient (Wildman–Crippen LogP) is 6.01. The molecule has 0 fully saturated rings. The smallest absolute Gasteiger partial charge is 0.229 e. The van der Waals surface area contributed by atoms with Gasteiger partial charge in [0.15, 0.2) is 0 Å². The molecule has 0 radical (unpaired) electrons. The highest BCUT2D eigenvalue weighted by molar-refractivity contribution is 7.88. The van der Waals surface area contributed by atoms with E-state index in [1.54, 1.807) is 24.7 Å². The number of hydrogen-bond acceptors (Lipinski definition) is 6. The zero-order chi connectivity index (χ0) is 31.2. The van der Waals surface area contributed by atoms with Crippen LogP contribution in [0.1, 0.15) is 26.3 Å². The highest BCUT2D eigenvalue weighted by Gasteiger charge is 2.21. The second-order valence-electron chi connectivity index (χ2n) is 11.7. The quantitative estimate of drug-likeness (QED) is 0.174. The molecule has 0 spiro atoms. The molecule has 0 saturated heterocycles. The van der Waals surface area contributed by atoms with Crippen molar-refractivity contribution < 1.29 is 17.6 Å². The van der Waals surface area contributed by atoms with Crippen LogP contribution in [-0.4, -0.2) is 45.7 Å². The first-order chi connectivity index (χ1) is 20.8. The number of H-pyrrole nitrogens is 2. The maximum Gasteiger partial charge on any atom is 0.229 e. The molecule has 0 unspecified atom stereocenters. The van der Waals surface area contributed by atoms with Gasteiger partial charge in [-0.2, -0.15) is 5.10 Å². The molecule has 10 nitrogen and oxygen atoms in total. The predicted molar refractivity (Wildman–Crippen MR) is 170 cm³/mol. The molecule has 6 rings (SSSR count). The maximum absolute atomic E-state index is 14.6. The van der Waals surface area contributed by atoms with Crippen LogP contribution in [0.2, 0.25) is 0 Å². The summed E-state index contributed by atoms with van der Waals surface area (Å²) < 4.78 is 40.1. The molecule has 0 aliphatic rings. The zero-order valence-electron chi connectivity index (χ0n) is 24.5. The Morgan fingerprint density at radius 3 is 2.48 bits per heavy atom. The first-order valence-electron chi connectivity index (χ1n) is 13.8. The molecule has 44 heavy (non-hydrogen) atoms. The lowest BCUT2D eigenvalue weighted by Crippen LogP contribution is -2.27. The maximum atomic E-state index is 14.6. The van der Waals surface area contributed by atoms with E-state index in [9.17, 15) is 17.6 Å². The van der Waals surface area contributed by atoms with Crippen LogP contribution in [0, 0.1) is 11.2 Å². The van der Waals surface area contributed by atoms with E-state index in [2.05, 4.69) is 35.2 Å². The van der Waals surface area contributed by atoms with Crippen molar-refractivity contribution in [1.82, 2.24) is 29.9 Å². The molecule has 1 amide bonds. The fourth-order valence-corrected chi connectivity index (χ4v) is 5.33. The molecule has 0 saturated carbocycles. The van der Waals surface area contributed by atoms with Gasteiger partial charge in [0.1, 0.15) is 11.5 Å². The van der Waals surface area contributed by atoms with Crippen molar-refractivity contribution in [3.05, 3.63) is 84.6 Å². The van der Waals surface area contributed by atoms with Crippen LogP contribution in [0.4, 0.5) is 10.1 Å². The molecule has 4 aromatic heterocycles. The Balaban J connectivity index is 1.37. The summed E-state index contributed by atoms with van der Waals surface area (Å²) >= 11 is 0. The lowest BCUT2D eigenvalue weighted by atomic mass is 9.95. The Labute approximate surface area is 253 Å². The van der Waals surface area contributed by atoms with Crippen molar-refractivity contribution in [2.45, 2.75) is 27.3 Å². The number of anilines is 1. The van der Waals surface area contributed by atoms with Gasteiger partial charge in [-0.3, -0.25) is 19.9 Å². The molecule has 6 aromatic rings. The third kappa shape index (κ3) is 6.08. The van der Waals surface area contributed by atoms with Crippen LogP contribution in [-0.2, 0) is 21.4 Å². The fourth-order valence-electron chi connectivity index (χ4n) is 4.90. The van der Waals surface area contributed by atoms with Crippen LogP contribution in [0.15, 0.2) is 73.2 Å². The van der Waals surface area contributed by atoms with Gasteiger partial charge in [-0.25, -0.2) is 17.5 Å². The number of sulfonamides is 1. The molecule has 0 bridgehead atoms. The van der Waals surface area contributed by atoms with Crippen molar-refractivity contribution >= 4 is 43.4 Å². The number of aromatic amines is 2. The number of amides is 1. The summed E-state index contributed by atoms with van der Waals surface area (Å²) in [7, 11) is -3.44. The van der Waals surface area contributed by atoms with Gasteiger partial charge in [0, 0.05) is 51.8 Å². The van der Waals surface area contributed by atoms with Crippen molar-refractivity contribution in [3.63, 3.8) is 0 Å². The molecule has 0 atom stereocenters. The average molecular weight is 612 g/mol. The first-order valence-corrected chi connectivity index (χ1v) is 15.7. The molecule has 0 aliphatic heterocycles. The third-order valence-corrected chi connectivity index (χ3v) is 7.81. The van der Waals surface area contributed by atoms with E-state index in [1.807, 2.05) is 57.2 Å². The Hall–Kier alpha value is -4.94. The second-order valence-corrected chi connectivity index (χ2v) is 13.6. The van der Waals surface area contributed by atoms with E-state index in [-0.39, 0.29) is 12.5 Å². The van der Waals surface area contributed by atoms with E-state index in [0.717, 1.165) is 44.9 Å². The molecule has 4 N–H and O–H groups in total. The Kier molecular flexibility index (Phi) is 7.26. The van der Waals surface area contributed by atoms with Crippen molar-refractivity contribution in [2.75, 3.05) is 11.6 Å². The largest absolute Gasteiger partial charge is 0.353 e. The highest BCUT2D eigenvalue weighted by atomic mass is 32.2. The van der Waals surface area contributed by atoms with Crippen molar-refractivity contribution in [2.24, 2.45) is 5.41 Å². The van der Waals surface area contributed by atoms with Gasteiger partial charge in [-0.1, -0.05) is 26.8 Å². The number of nitrogens with zero attached hydrogens (tertiary/aromatic N) is 3. The molecule has 2 aromatic carbocycles. The summed E-state index contributed by atoms with van der Waals surface area (Å²) in [6.45, 7) is 5.52. The van der Waals surface area contributed by atoms with Crippen LogP contribution < -0.4 is 10.0 Å². The van der Waals surface area contributed by atoms with Gasteiger partial charge >= 0.3 is 0 Å². The minimum absolute atomic E-state index is 0.0407. The number of aromatic nitrogens is 5. The van der Waals surface area contributed by atoms with E-state index < -0.39 is 21.3 Å². The van der Waals surface area contributed by atoms with Gasteiger partial charge in [0.25, 0.3) is 0 Å². The summed E-state index contributed by atoms with van der Waals surface area (Å²) in [5.74, 6) is -0.596. The number of pyridine rings is 2. The number of carbonyl (C=O) groups is 1. The first kappa shape index (κ1) is 29.1. The van der Waals surface area contributed by atoms with Gasteiger partial charge < -0.3 is 10.3 Å². The number of hydrogen-bond donors (Lipinski definition) is 4. The lowest BCUT2D eigenvalue weighted by molar-refractivity contribution is -0.123. The molecule has 0 aliphatic carbocycles. The minimum Gasteiger partial charge on any atom is -0.353 e.